The van der Waals surface area contributed by atoms with Crippen LogP contribution >= 0.6 is 0 Å². The highest BCUT2D eigenvalue weighted by Crippen LogP contribution is 2.15. The van der Waals surface area contributed by atoms with Crippen molar-refractivity contribution in [3.05, 3.63) is 29.8 Å². The van der Waals surface area contributed by atoms with Gasteiger partial charge in [-0.2, -0.15) is 0 Å². The third-order valence-electron chi connectivity index (χ3n) is 1.84. The van der Waals surface area contributed by atoms with Gasteiger partial charge in [-0.25, -0.2) is 0 Å². The minimum Gasteiger partial charge on any atom is -0.493 e. The Labute approximate surface area is 93.2 Å². The Morgan fingerprint density at radius 3 is 2.33 bits per heavy atom. The Hall–Kier alpha value is -1.02. The molecule has 15 heavy (non-hydrogen) atoms. The summed E-state index contributed by atoms with van der Waals surface area (Å²) in [5, 5.41) is 0. The fourth-order valence-electron chi connectivity index (χ4n) is 1.10. The molecule has 0 saturated carbocycles. The molecule has 0 fully saturated rings. The molecular weight excluding hydrogens is 188 g/mol. The standard InChI is InChI=1S/C11H16O2.C2H6/c1-10-6-3-4-7-11(10)13-9-5-8-12-2;1-2/h3-4,6-7H,5,8-9H2,1-2H3;1-2H3. The summed E-state index contributed by atoms with van der Waals surface area (Å²) in [7, 11) is 1.70. The summed E-state index contributed by atoms with van der Waals surface area (Å²) < 4.78 is 10.5. The highest BCUT2D eigenvalue weighted by Gasteiger charge is 1.96. The SMILES string of the molecule is CC.COCCCOc1ccccc1C. The zero-order valence-electron chi connectivity index (χ0n) is 10.2. The molecule has 2 heteroatoms. The molecular formula is C13H22O2. The van der Waals surface area contributed by atoms with E-state index in [2.05, 4.69) is 0 Å². The number of hydrogen-bond acceptors (Lipinski definition) is 2. The molecule has 0 unspecified atom stereocenters. The zero-order valence-corrected chi connectivity index (χ0v) is 10.2. The van der Waals surface area contributed by atoms with E-state index in [0.29, 0.717) is 0 Å². The number of hydrogen-bond donors (Lipinski definition) is 0. The predicted molar refractivity (Wildman–Crippen MR) is 64.5 cm³/mol. The minimum atomic E-state index is 0.721. The second kappa shape index (κ2) is 9.53. The van der Waals surface area contributed by atoms with Gasteiger partial charge in [-0.1, -0.05) is 32.0 Å². The summed E-state index contributed by atoms with van der Waals surface area (Å²) in [5.41, 5.74) is 1.18. The van der Waals surface area contributed by atoms with Crippen LogP contribution in [-0.4, -0.2) is 20.3 Å². The smallest absolute Gasteiger partial charge is 0.122 e. The van der Waals surface area contributed by atoms with Crippen LogP contribution in [0.25, 0.3) is 0 Å². The van der Waals surface area contributed by atoms with Crippen LogP contribution in [0.15, 0.2) is 24.3 Å². The third-order valence-corrected chi connectivity index (χ3v) is 1.84. The van der Waals surface area contributed by atoms with Crippen molar-refractivity contribution in [2.24, 2.45) is 0 Å². The van der Waals surface area contributed by atoms with Crippen molar-refractivity contribution in [1.29, 1.82) is 0 Å². The normalized spacial score (nSPS) is 9.07. The number of ether oxygens (including phenoxy) is 2. The molecule has 1 aromatic rings. The van der Waals surface area contributed by atoms with E-state index >= 15 is 0 Å². The summed E-state index contributed by atoms with van der Waals surface area (Å²) in [6.07, 6.45) is 0.935. The van der Waals surface area contributed by atoms with Crippen LogP contribution in [0.4, 0.5) is 0 Å². The fraction of sp³-hybridized carbons (Fsp3) is 0.538. The molecule has 0 N–H and O–H groups in total. The van der Waals surface area contributed by atoms with Crippen LogP contribution in [0.3, 0.4) is 0 Å². The molecule has 0 aromatic heterocycles. The molecule has 2 nitrogen and oxygen atoms in total. The molecule has 1 rings (SSSR count). The fourth-order valence-corrected chi connectivity index (χ4v) is 1.10. The van der Waals surface area contributed by atoms with Crippen molar-refractivity contribution in [2.75, 3.05) is 20.3 Å². The van der Waals surface area contributed by atoms with E-state index in [-0.39, 0.29) is 0 Å². The largest absolute Gasteiger partial charge is 0.493 e. The second-order valence-corrected chi connectivity index (χ2v) is 2.96. The second-order valence-electron chi connectivity index (χ2n) is 2.96. The van der Waals surface area contributed by atoms with Gasteiger partial charge in [0.15, 0.2) is 0 Å². The Morgan fingerprint density at radius 1 is 1.07 bits per heavy atom. The van der Waals surface area contributed by atoms with Crippen molar-refractivity contribution in [1.82, 2.24) is 0 Å². The van der Waals surface area contributed by atoms with Crippen molar-refractivity contribution in [3.8, 4) is 5.75 Å². The van der Waals surface area contributed by atoms with Gasteiger partial charge < -0.3 is 9.47 Å². The Morgan fingerprint density at radius 2 is 1.73 bits per heavy atom. The van der Waals surface area contributed by atoms with Crippen LogP contribution < -0.4 is 4.74 Å². The van der Waals surface area contributed by atoms with Gasteiger partial charge in [0, 0.05) is 20.1 Å². The third kappa shape index (κ3) is 6.13. The lowest BCUT2D eigenvalue weighted by atomic mass is 10.2. The van der Waals surface area contributed by atoms with Crippen LogP contribution in [0.1, 0.15) is 25.8 Å². The highest BCUT2D eigenvalue weighted by molar-refractivity contribution is 5.31. The molecule has 0 bridgehead atoms. The van der Waals surface area contributed by atoms with Gasteiger partial charge in [0.1, 0.15) is 5.75 Å². The van der Waals surface area contributed by atoms with Gasteiger partial charge >= 0.3 is 0 Å². The first-order chi connectivity index (χ1) is 7.34. The van der Waals surface area contributed by atoms with Crippen LogP contribution in [0.5, 0.6) is 5.75 Å². The summed E-state index contributed by atoms with van der Waals surface area (Å²) in [6.45, 7) is 7.52. The van der Waals surface area contributed by atoms with E-state index in [1.165, 1.54) is 5.56 Å². The van der Waals surface area contributed by atoms with Gasteiger partial charge in [0.2, 0.25) is 0 Å². The molecule has 0 atom stereocenters. The molecule has 0 heterocycles. The average molecular weight is 210 g/mol. The molecule has 0 amide bonds. The van der Waals surface area contributed by atoms with E-state index < -0.39 is 0 Å². The number of para-hydroxylation sites is 1. The lowest BCUT2D eigenvalue weighted by Crippen LogP contribution is -2.02. The summed E-state index contributed by atoms with van der Waals surface area (Å²) in [4.78, 5) is 0. The lowest BCUT2D eigenvalue weighted by molar-refractivity contribution is 0.172. The maximum absolute atomic E-state index is 5.56. The van der Waals surface area contributed by atoms with Crippen molar-refractivity contribution in [2.45, 2.75) is 27.2 Å². The first-order valence-corrected chi connectivity index (χ1v) is 5.52. The quantitative estimate of drug-likeness (QED) is 0.693. The Kier molecular flexibility index (Phi) is 8.88. The van der Waals surface area contributed by atoms with Crippen LogP contribution in [0, 0.1) is 6.92 Å². The van der Waals surface area contributed by atoms with Gasteiger partial charge in [-0.15, -0.1) is 0 Å². The zero-order chi connectivity index (χ0) is 11.5. The van der Waals surface area contributed by atoms with E-state index in [1.54, 1.807) is 7.11 Å². The molecule has 0 saturated heterocycles. The van der Waals surface area contributed by atoms with E-state index in [1.807, 2.05) is 45.0 Å². The number of benzene rings is 1. The summed E-state index contributed by atoms with van der Waals surface area (Å²) in [5.74, 6) is 0.971. The number of methoxy groups -OCH3 is 1. The maximum atomic E-state index is 5.56. The number of aryl methyl sites for hydroxylation is 1. The minimum absolute atomic E-state index is 0.721. The molecule has 0 aliphatic heterocycles. The summed E-state index contributed by atoms with van der Waals surface area (Å²) >= 11 is 0. The monoisotopic (exact) mass is 210 g/mol. The predicted octanol–water partition coefficient (Wildman–Crippen LogP) is 3.44. The van der Waals surface area contributed by atoms with Gasteiger partial charge in [-0.3, -0.25) is 0 Å². The van der Waals surface area contributed by atoms with Crippen LogP contribution in [-0.2, 0) is 4.74 Å². The first-order valence-electron chi connectivity index (χ1n) is 5.52. The van der Waals surface area contributed by atoms with E-state index in [9.17, 15) is 0 Å². The lowest BCUT2D eigenvalue weighted by Gasteiger charge is -2.07. The molecule has 0 spiro atoms. The molecule has 0 radical (unpaired) electrons. The van der Waals surface area contributed by atoms with Crippen molar-refractivity contribution in [3.63, 3.8) is 0 Å². The maximum Gasteiger partial charge on any atom is 0.122 e. The Bertz CT molecular complexity index is 246. The number of rotatable bonds is 5. The van der Waals surface area contributed by atoms with Gasteiger partial charge in [0.05, 0.1) is 6.61 Å². The van der Waals surface area contributed by atoms with E-state index in [4.69, 9.17) is 9.47 Å². The van der Waals surface area contributed by atoms with Crippen molar-refractivity contribution < 1.29 is 9.47 Å². The van der Waals surface area contributed by atoms with Crippen molar-refractivity contribution >= 4 is 0 Å². The van der Waals surface area contributed by atoms with Crippen LogP contribution in [0.2, 0.25) is 0 Å². The molecule has 86 valence electrons. The molecule has 0 aliphatic rings. The average Bonchev–Trinajstić information content (AvgIpc) is 2.29. The Balaban J connectivity index is 0.000000921. The van der Waals surface area contributed by atoms with Gasteiger partial charge in [0.25, 0.3) is 0 Å². The van der Waals surface area contributed by atoms with Gasteiger partial charge in [-0.05, 0) is 18.6 Å². The highest BCUT2D eigenvalue weighted by atomic mass is 16.5. The first kappa shape index (κ1) is 14.0. The topological polar surface area (TPSA) is 18.5 Å². The molecule has 1 aromatic carbocycles. The van der Waals surface area contributed by atoms with E-state index in [0.717, 1.165) is 25.4 Å². The summed E-state index contributed by atoms with van der Waals surface area (Å²) in [6, 6.07) is 8.03. The molecule has 0 aliphatic carbocycles.